The van der Waals surface area contributed by atoms with Gasteiger partial charge in [0.1, 0.15) is 0 Å². The van der Waals surface area contributed by atoms with Crippen molar-refractivity contribution >= 4 is 22.7 Å². The highest BCUT2D eigenvalue weighted by Gasteiger charge is 2.31. The van der Waals surface area contributed by atoms with Gasteiger partial charge >= 0.3 is 5.76 Å². The van der Waals surface area contributed by atoms with Crippen molar-refractivity contribution in [3.63, 3.8) is 0 Å². The van der Waals surface area contributed by atoms with Crippen molar-refractivity contribution in [3.8, 4) is 0 Å². The molecule has 6 nitrogen and oxygen atoms in total. The number of H-pyrrole nitrogens is 1. The minimum atomic E-state index is -0.498. The lowest BCUT2D eigenvalue weighted by molar-refractivity contribution is -0.120. The number of hydrogen-bond donors (Lipinski definition) is 3. The zero-order chi connectivity index (χ0) is 14.1. The van der Waals surface area contributed by atoms with Gasteiger partial charge in [0.2, 0.25) is 5.91 Å². The minimum Gasteiger partial charge on any atom is -0.408 e. The van der Waals surface area contributed by atoms with Gasteiger partial charge in [0.25, 0.3) is 0 Å². The number of amides is 1. The summed E-state index contributed by atoms with van der Waals surface area (Å²) in [5.74, 6) is -0.239. The summed E-state index contributed by atoms with van der Waals surface area (Å²) in [5, 5.41) is 2.89. The molecule has 1 aromatic heterocycles. The van der Waals surface area contributed by atoms with Crippen LogP contribution in [0.2, 0.25) is 0 Å². The van der Waals surface area contributed by atoms with E-state index in [9.17, 15) is 9.59 Å². The molecule has 20 heavy (non-hydrogen) atoms. The van der Waals surface area contributed by atoms with Crippen molar-refractivity contribution in [1.82, 2.24) is 4.98 Å². The number of anilines is 1. The average molecular weight is 275 g/mol. The molecule has 1 saturated carbocycles. The first-order chi connectivity index (χ1) is 9.67. The van der Waals surface area contributed by atoms with Crippen LogP contribution in [0.1, 0.15) is 19.3 Å². The lowest BCUT2D eigenvalue weighted by Crippen LogP contribution is -2.29. The minimum absolute atomic E-state index is 0.00291. The molecule has 1 aliphatic rings. The number of aromatic amines is 1. The number of carbonyl (C=O) groups is 1. The third kappa shape index (κ3) is 2.34. The molecular formula is C14H17N3O3. The van der Waals surface area contributed by atoms with Crippen LogP contribution in [-0.4, -0.2) is 17.4 Å². The third-order valence-electron chi connectivity index (χ3n) is 3.99. The standard InChI is InChI=1S/C14H17N3O3/c15-7-8-2-1-3-10(8)13(18)16-9-4-5-12-11(6-9)17-14(19)20-12/h4-6,8,10H,1-3,7,15H2,(H,16,18)(H,17,19)/t8-,10-/m1/s1. The summed E-state index contributed by atoms with van der Waals surface area (Å²) in [7, 11) is 0. The Balaban J connectivity index is 1.78. The summed E-state index contributed by atoms with van der Waals surface area (Å²) in [6.07, 6.45) is 2.95. The van der Waals surface area contributed by atoms with E-state index in [-0.39, 0.29) is 17.7 Å². The summed E-state index contributed by atoms with van der Waals surface area (Å²) >= 11 is 0. The number of nitrogens with one attached hydrogen (secondary N) is 2. The molecule has 3 rings (SSSR count). The van der Waals surface area contributed by atoms with E-state index < -0.39 is 5.76 Å². The predicted molar refractivity (Wildman–Crippen MR) is 75.3 cm³/mol. The first-order valence-electron chi connectivity index (χ1n) is 6.81. The van der Waals surface area contributed by atoms with Crippen LogP contribution in [0.3, 0.4) is 0 Å². The molecule has 0 unspecified atom stereocenters. The summed E-state index contributed by atoms with van der Waals surface area (Å²) < 4.78 is 4.92. The highest BCUT2D eigenvalue weighted by molar-refractivity contribution is 5.94. The van der Waals surface area contributed by atoms with E-state index in [4.69, 9.17) is 10.2 Å². The Bertz CT molecular complexity index is 688. The largest absolute Gasteiger partial charge is 0.417 e. The van der Waals surface area contributed by atoms with Gasteiger partial charge in [-0.2, -0.15) is 0 Å². The van der Waals surface area contributed by atoms with Gasteiger partial charge in [-0.05, 0) is 43.5 Å². The Morgan fingerprint density at radius 1 is 1.45 bits per heavy atom. The van der Waals surface area contributed by atoms with Crippen molar-refractivity contribution in [2.45, 2.75) is 19.3 Å². The molecule has 0 aliphatic heterocycles. The molecule has 0 saturated heterocycles. The maximum atomic E-state index is 12.3. The number of aromatic nitrogens is 1. The van der Waals surface area contributed by atoms with Gasteiger partial charge in [0, 0.05) is 11.6 Å². The maximum absolute atomic E-state index is 12.3. The van der Waals surface area contributed by atoms with E-state index in [2.05, 4.69) is 10.3 Å². The van der Waals surface area contributed by atoms with Crippen LogP contribution in [0.25, 0.3) is 11.1 Å². The van der Waals surface area contributed by atoms with Gasteiger partial charge in [-0.3, -0.25) is 9.78 Å². The fraction of sp³-hybridized carbons (Fsp3) is 0.429. The second-order valence-corrected chi connectivity index (χ2v) is 5.25. The lowest BCUT2D eigenvalue weighted by atomic mass is 9.95. The van der Waals surface area contributed by atoms with Crippen molar-refractivity contribution in [2.75, 3.05) is 11.9 Å². The predicted octanol–water partition coefficient (Wildman–Crippen LogP) is 1.43. The number of oxazole rings is 1. The summed E-state index contributed by atoms with van der Waals surface area (Å²) in [6.45, 7) is 0.548. The van der Waals surface area contributed by atoms with Crippen molar-refractivity contribution in [1.29, 1.82) is 0 Å². The van der Waals surface area contributed by atoms with Crippen LogP contribution < -0.4 is 16.8 Å². The molecule has 1 amide bonds. The fourth-order valence-electron chi connectivity index (χ4n) is 2.93. The molecule has 1 heterocycles. The number of hydrogen-bond acceptors (Lipinski definition) is 4. The second-order valence-electron chi connectivity index (χ2n) is 5.25. The Hall–Kier alpha value is -2.08. The summed E-state index contributed by atoms with van der Waals surface area (Å²) in [4.78, 5) is 25.9. The van der Waals surface area contributed by atoms with Gasteiger partial charge in [0.15, 0.2) is 5.58 Å². The quantitative estimate of drug-likeness (QED) is 0.788. The molecule has 106 valence electrons. The molecule has 6 heteroatoms. The van der Waals surface area contributed by atoms with Crippen LogP contribution in [0.4, 0.5) is 5.69 Å². The van der Waals surface area contributed by atoms with Crippen molar-refractivity contribution in [3.05, 3.63) is 28.7 Å². The summed E-state index contributed by atoms with van der Waals surface area (Å²) in [5.41, 5.74) is 7.41. The van der Waals surface area contributed by atoms with Crippen LogP contribution >= 0.6 is 0 Å². The molecule has 0 radical (unpaired) electrons. The van der Waals surface area contributed by atoms with Gasteiger partial charge < -0.3 is 15.5 Å². The Kier molecular flexibility index (Phi) is 3.31. The zero-order valence-corrected chi connectivity index (χ0v) is 11.0. The molecule has 1 aromatic carbocycles. The third-order valence-corrected chi connectivity index (χ3v) is 3.99. The van der Waals surface area contributed by atoms with Crippen LogP contribution in [-0.2, 0) is 4.79 Å². The molecule has 4 N–H and O–H groups in total. The second kappa shape index (κ2) is 5.13. The molecule has 0 spiro atoms. The number of rotatable bonds is 3. The van der Waals surface area contributed by atoms with Crippen molar-refractivity contribution < 1.29 is 9.21 Å². The Morgan fingerprint density at radius 3 is 3.10 bits per heavy atom. The van der Waals surface area contributed by atoms with Gasteiger partial charge in [-0.25, -0.2) is 4.79 Å². The number of nitrogens with two attached hydrogens (primary N) is 1. The average Bonchev–Trinajstić information content (AvgIpc) is 3.02. The highest BCUT2D eigenvalue weighted by atomic mass is 16.4. The van der Waals surface area contributed by atoms with E-state index in [1.807, 2.05) is 0 Å². The fourth-order valence-corrected chi connectivity index (χ4v) is 2.93. The summed E-state index contributed by atoms with van der Waals surface area (Å²) in [6, 6.07) is 5.09. The van der Waals surface area contributed by atoms with E-state index in [1.54, 1.807) is 18.2 Å². The highest BCUT2D eigenvalue weighted by Crippen LogP contribution is 2.32. The number of fused-ring (bicyclic) bond motifs is 1. The molecule has 2 atom stereocenters. The first kappa shape index (κ1) is 12.9. The Morgan fingerprint density at radius 2 is 2.30 bits per heavy atom. The van der Waals surface area contributed by atoms with E-state index >= 15 is 0 Å². The zero-order valence-electron chi connectivity index (χ0n) is 11.0. The van der Waals surface area contributed by atoms with Crippen molar-refractivity contribution in [2.24, 2.45) is 17.6 Å². The normalized spacial score (nSPS) is 22.2. The molecule has 2 aromatic rings. The lowest BCUT2D eigenvalue weighted by Gasteiger charge is -2.17. The molecule has 0 bridgehead atoms. The van der Waals surface area contributed by atoms with Crippen LogP contribution in [0, 0.1) is 11.8 Å². The first-order valence-corrected chi connectivity index (χ1v) is 6.81. The van der Waals surface area contributed by atoms with Gasteiger partial charge in [0.05, 0.1) is 5.52 Å². The molecule has 1 fully saturated rings. The Labute approximate surface area is 115 Å². The molecule has 1 aliphatic carbocycles. The molecular weight excluding hydrogens is 258 g/mol. The van der Waals surface area contributed by atoms with Gasteiger partial charge in [-0.1, -0.05) is 6.42 Å². The van der Waals surface area contributed by atoms with E-state index in [0.29, 0.717) is 23.3 Å². The van der Waals surface area contributed by atoms with E-state index in [1.165, 1.54) is 0 Å². The topological polar surface area (TPSA) is 101 Å². The SMILES string of the molecule is NC[C@H]1CCC[C@H]1C(=O)Nc1ccc2oc(=O)[nH]c2c1. The van der Waals surface area contributed by atoms with Gasteiger partial charge in [-0.15, -0.1) is 0 Å². The van der Waals surface area contributed by atoms with Crippen LogP contribution in [0.15, 0.2) is 27.4 Å². The monoisotopic (exact) mass is 275 g/mol. The number of carbonyl (C=O) groups excluding carboxylic acids is 1. The van der Waals surface area contributed by atoms with Crippen LogP contribution in [0.5, 0.6) is 0 Å². The maximum Gasteiger partial charge on any atom is 0.417 e. The smallest absolute Gasteiger partial charge is 0.408 e. The van der Waals surface area contributed by atoms with E-state index in [0.717, 1.165) is 19.3 Å². The number of benzene rings is 1.